The van der Waals surface area contributed by atoms with Crippen molar-refractivity contribution in [3.63, 3.8) is 0 Å². The van der Waals surface area contributed by atoms with E-state index in [0.29, 0.717) is 17.9 Å². The molecule has 2 aromatic carbocycles. The molecule has 0 aliphatic carbocycles. The summed E-state index contributed by atoms with van der Waals surface area (Å²) in [6, 6.07) is 15.4. The number of ether oxygens (including phenoxy) is 1. The van der Waals surface area contributed by atoms with Gasteiger partial charge in [0.05, 0.1) is 17.7 Å². The molecule has 0 bridgehead atoms. The van der Waals surface area contributed by atoms with E-state index in [1.165, 1.54) is 0 Å². The summed E-state index contributed by atoms with van der Waals surface area (Å²) in [6.07, 6.45) is 1.80. The maximum atomic E-state index is 12.1. The van der Waals surface area contributed by atoms with Crippen molar-refractivity contribution in [2.75, 3.05) is 12.3 Å². The average Bonchev–Trinajstić information content (AvgIpc) is 2.87. The molecule has 0 aliphatic heterocycles. The fourth-order valence-corrected chi connectivity index (χ4v) is 2.42. The first-order chi connectivity index (χ1) is 10.2. The van der Waals surface area contributed by atoms with Crippen molar-refractivity contribution >= 4 is 22.6 Å². The smallest absolute Gasteiger partial charge is 0.340 e. The first-order valence-corrected chi connectivity index (χ1v) is 6.84. The molecule has 2 N–H and O–H groups in total. The fourth-order valence-electron chi connectivity index (χ4n) is 2.42. The highest BCUT2D eigenvalue weighted by Gasteiger charge is 2.17. The number of rotatable bonds is 3. The summed E-state index contributed by atoms with van der Waals surface area (Å²) in [7, 11) is 0. The Labute approximate surface area is 122 Å². The topological polar surface area (TPSA) is 57.2 Å². The number of hydrogen-bond acceptors (Lipinski definition) is 3. The zero-order valence-corrected chi connectivity index (χ0v) is 11.7. The molecule has 1 aromatic heterocycles. The molecule has 0 saturated carbocycles. The number of hydrogen-bond donors (Lipinski definition) is 1. The van der Waals surface area contributed by atoms with Crippen LogP contribution in [0.5, 0.6) is 0 Å². The molecule has 0 saturated heterocycles. The molecule has 3 rings (SSSR count). The Morgan fingerprint density at radius 2 is 1.95 bits per heavy atom. The number of esters is 1. The van der Waals surface area contributed by atoms with E-state index < -0.39 is 0 Å². The third-order valence-electron chi connectivity index (χ3n) is 3.36. The Morgan fingerprint density at radius 3 is 2.67 bits per heavy atom. The van der Waals surface area contributed by atoms with E-state index in [2.05, 4.69) is 0 Å². The highest BCUT2D eigenvalue weighted by molar-refractivity contribution is 6.05. The van der Waals surface area contributed by atoms with Crippen molar-refractivity contribution in [3.8, 4) is 5.69 Å². The number of anilines is 1. The average molecular weight is 280 g/mol. The van der Waals surface area contributed by atoms with E-state index in [1.807, 2.05) is 47.0 Å². The van der Waals surface area contributed by atoms with Crippen LogP contribution in [0.15, 0.2) is 54.7 Å². The van der Waals surface area contributed by atoms with E-state index >= 15 is 0 Å². The first-order valence-electron chi connectivity index (χ1n) is 6.84. The second-order valence-corrected chi connectivity index (χ2v) is 4.75. The minimum atomic E-state index is -0.331. The van der Waals surface area contributed by atoms with Gasteiger partial charge in [-0.1, -0.05) is 18.2 Å². The normalized spacial score (nSPS) is 10.7. The Kier molecular flexibility index (Phi) is 3.36. The van der Waals surface area contributed by atoms with Crippen LogP contribution in [0.4, 0.5) is 5.69 Å². The number of carbonyl (C=O) groups excluding carboxylic acids is 1. The van der Waals surface area contributed by atoms with Crippen molar-refractivity contribution < 1.29 is 9.53 Å². The first kappa shape index (κ1) is 13.2. The van der Waals surface area contributed by atoms with Crippen LogP contribution in [-0.2, 0) is 4.74 Å². The standard InChI is InChI=1S/C17H16N2O2/c1-2-21-17(20)15-11-19(13-6-4-3-5-7-13)16-9-8-12(18)10-14(15)16/h3-11H,2,18H2,1H3. The van der Waals surface area contributed by atoms with E-state index in [1.54, 1.807) is 19.2 Å². The van der Waals surface area contributed by atoms with E-state index in [9.17, 15) is 4.79 Å². The quantitative estimate of drug-likeness (QED) is 0.591. The molecular weight excluding hydrogens is 264 g/mol. The van der Waals surface area contributed by atoms with Crippen molar-refractivity contribution in [2.24, 2.45) is 0 Å². The molecule has 0 amide bonds. The van der Waals surface area contributed by atoms with Gasteiger partial charge < -0.3 is 15.0 Å². The summed E-state index contributed by atoms with van der Waals surface area (Å²) in [5.74, 6) is -0.331. The maximum Gasteiger partial charge on any atom is 0.340 e. The molecule has 0 aliphatic rings. The van der Waals surface area contributed by atoms with Gasteiger partial charge in [-0.3, -0.25) is 0 Å². The maximum absolute atomic E-state index is 12.1. The number of fused-ring (bicyclic) bond motifs is 1. The number of nitrogen functional groups attached to an aromatic ring is 1. The molecular formula is C17H16N2O2. The van der Waals surface area contributed by atoms with E-state index in [0.717, 1.165) is 16.6 Å². The number of benzene rings is 2. The SMILES string of the molecule is CCOC(=O)c1cn(-c2ccccc2)c2ccc(N)cc12. The lowest BCUT2D eigenvalue weighted by atomic mass is 10.1. The zero-order valence-electron chi connectivity index (χ0n) is 11.7. The molecule has 4 nitrogen and oxygen atoms in total. The third kappa shape index (κ3) is 2.36. The van der Waals surface area contributed by atoms with Crippen LogP contribution < -0.4 is 5.73 Å². The molecule has 0 atom stereocenters. The molecule has 0 unspecified atom stereocenters. The van der Waals surface area contributed by atoms with Crippen molar-refractivity contribution in [3.05, 3.63) is 60.3 Å². The molecule has 3 aromatic rings. The predicted octanol–water partition coefficient (Wildman–Crippen LogP) is 3.39. The van der Waals surface area contributed by atoms with Gasteiger partial charge in [0, 0.05) is 23.0 Å². The van der Waals surface area contributed by atoms with E-state index in [-0.39, 0.29) is 5.97 Å². The Hall–Kier alpha value is -2.75. The van der Waals surface area contributed by atoms with Gasteiger partial charge in [-0.05, 0) is 37.3 Å². The highest BCUT2D eigenvalue weighted by atomic mass is 16.5. The Morgan fingerprint density at radius 1 is 1.19 bits per heavy atom. The van der Waals surface area contributed by atoms with Crippen LogP contribution in [0, 0.1) is 0 Å². The lowest BCUT2D eigenvalue weighted by Crippen LogP contribution is -2.03. The summed E-state index contributed by atoms with van der Waals surface area (Å²) in [4.78, 5) is 12.1. The minimum absolute atomic E-state index is 0.331. The zero-order chi connectivity index (χ0) is 14.8. The number of nitrogens with zero attached hydrogens (tertiary/aromatic N) is 1. The molecule has 4 heteroatoms. The van der Waals surface area contributed by atoms with Gasteiger partial charge in [-0.25, -0.2) is 4.79 Å². The minimum Gasteiger partial charge on any atom is -0.462 e. The van der Waals surface area contributed by atoms with Crippen LogP contribution >= 0.6 is 0 Å². The summed E-state index contributed by atoms with van der Waals surface area (Å²) >= 11 is 0. The number of aromatic nitrogens is 1. The fraction of sp³-hybridized carbons (Fsp3) is 0.118. The summed E-state index contributed by atoms with van der Waals surface area (Å²) in [5.41, 5.74) is 8.93. The van der Waals surface area contributed by atoms with Crippen molar-refractivity contribution in [1.29, 1.82) is 0 Å². The summed E-state index contributed by atoms with van der Waals surface area (Å²) in [6.45, 7) is 2.14. The number of para-hydroxylation sites is 1. The monoisotopic (exact) mass is 280 g/mol. The molecule has 106 valence electrons. The van der Waals surface area contributed by atoms with Crippen LogP contribution in [0.1, 0.15) is 17.3 Å². The van der Waals surface area contributed by atoms with Crippen LogP contribution in [-0.4, -0.2) is 17.1 Å². The van der Waals surface area contributed by atoms with Gasteiger partial charge in [0.2, 0.25) is 0 Å². The molecule has 0 fully saturated rings. The van der Waals surface area contributed by atoms with Gasteiger partial charge in [0.25, 0.3) is 0 Å². The van der Waals surface area contributed by atoms with E-state index in [4.69, 9.17) is 10.5 Å². The van der Waals surface area contributed by atoms with Crippen molar-refractivity contribution in [1.82, 2.24) is 4.57 Å². The van der Waals surface area contributed by atoms with Crippen LogP contribution in [0.3, 0.4) is 0 Å². The highest BCUT2D eigenvalue weighted by Crippen LogP contribution is 2.27. The molecule has 21 heavy (non-hydrogen) atoms. The van der Waals surface area contributed by atoms with Crippen LogP contribution in [0.2, 0.25) is 0 Å². The molecule has 0 radical (unpaired) electrons. The van der Waals surface area contributed by atoms with Gasteiger partial charge in [-0.15, -0.1) is 0 Å². The lowest BCUT2D eigenvalue weighted by molar-refractivity contribution is 0.0528. The molecule has 1 heterocycles. The lowest BCUT2D eigenvalue weighted by Gasteiger charge is -2.04. The second-order valence-electron chi connectivity index (χ2n) is 4.75. The third-order valence-corrected chi connectivity index (χ3v) is 3.36. The largest absolute Gasteiger partial charge is 0.462 e. The summed E-state index contributed by atoms with van der Waals surface area (Å²) in [5, 5.41) is 0.803. The number of nitrogens with two attached hydrogens (primary N) is 1. The summed E-state index contributed by atoms with van der Waals surface area (Å²) < 4.78 is 7.11. The van der Waals surface area contributed by atoms with Crippen LogP contribution in [0.25, 0.3) is 16.6 Å². The van der Waals surface area contributed by atoms with Gasteiger partial charge in [0.1, 0.15) is 0 Å². The van der Waals surface area contributed by atoms with Crippen molar-refractivity contribution in [2.45, 2.75) is 6.92 Å². The molecule has 0 spiro atoms. The Bertz CT molecular complexity index is 791. The number of carbonyl (C=O) groups is 1. The predicted molar refractivity (Wildman–Crippen MR) is 83.6 cm³/mol. The Balaban J connectivity index is 2.25. The van der Waals surface area contributed by atoms with Gasteiger partial charge >= 0.3 is 5.97 Å². The van der Waals surface area contributed by atoms with Gasteiger partial charge in [0.15, 0.2) is 0 Å². The second kappa shape index (κ2) is 5.32. The van der Waals surface area contributed by atoms with Gasteiger partial charge in [-0.2, -0.15) is 0 Å².